The zero-order valence-corrected chi connectivity index (χ0v) is 23.8. The van der Waals surface area contributed by atoms with Crippen molar-refractivity contribution in [2.75, 3.05) is 13.7 Å². The molecule has 6 heteroatoms. The van der Waals surface area contributed by atoms with E-state index in [9.17, 15) is 9.90 Å². The van der Waals surface area contributed by atoms with Crippen molar-refractivity contribution in [3.05, 3.63) is 125 Å². The van der Waals surface area contributed by atoms with Crippen molar-refractivity contribution in [2.24, 2.45) is 0 Å². The quantitative estimate of drug-likeness (QED) is 0.231. The van der Waals surface area contributed by atoms with Gasteiger partial charge in [0, 0.05) is 23.7 Å². The Morgan fingerprint density at radius 3 is 2.57 bits per heavy atom. The highest BCUT2D eigenvalue weighted by atomic mass is 16.5. The van der Waals surface area contributed by atoms with Crippen LogP contribution in [0.1, 0.15) is 46.7 Å². The van der Waals surface area contributed by atoms with Crippen LogP contribution in [0.15, 0.2) is 97.1 Å². The van der Waals surface area contributed by atoms with E-state index in [4.69, 9.17) is 9.47 Å². The van der Waals surface area contributed by atoms with Crippen molar-refractivity contribution in [3.63, 3.8) is 0 Å². The van der Waals surface area contributed by atoms with Crippen LogP contribution in [-0.4, -0.2) is 36.8 Å². The summed E-state index contributed by atoms with van der Waals surface area (Å²) in [5.74, 6) is 1.90. The van der Waals surface area contributed by atoms with Gasteiger partial charge in [-0.05, 0) is 72.7 Å². The number of rotatable bonds is 9. The third kappa shape index (κ3) is 6.10. The number of amides is 1. The van der Waals surface area contributed by atoms with E-state index in [1.54, 1.807) is 7.11 Å². The van der Waals surface area contributed by atoms with Gasteiger partial charge in [0.2, 0.25) is 0 Å². The number of para-hydroxylation sites is 2. The predicted molar refractivity (Wildman–Crippen MR) is 166 cm³/mol. The molecule has 1 amide bonds. The number of aryl methyl sites for hydroxylation is 1. The Labute approximate surface area is 247 Å². The van der Waals surface area contributed by atoms with Gasteiger partial charge in [-0.25, -0.2) is 0 Å². The fourth-order valence-corrected chi connectivity index (χ4v) is 5.93. The first kappa shape index (κ1) is 27.8. The predicted octanol–water partition coefficient (Wildman–Crippen LogP) is 6.10. The van der Waals surface area contributed by atoms with E-state index in [0.29, 0.717) is 35.6 Å². The lowest BCUT2D eigenvalue weighted by Crippen LogP contribution is -2.49. The first-order valence-corrected chi connectivity index (χ1v) is 14.6. The minimum Gasteiger partial charge on any atom is -0.497 e. The molecule has 3 N–H and O–H groups in total. The highest BCUT2D eigenvalue weighted by Gasteiger charge is 2.28. The van der Waals surface area contributed by atoms with Crippen LogP contribution in [0.2, 0.25) is 0 Å². The molecule has 0 saturated heterocycles. The van der Waals surface area contributed by atoms with Gasteiger partial charge in [-0.15, -0.1) is 0 Å². The molecule has 6 rings (SSSR count). The standard InChI is InChI=1S/C36H36N2O4/c1-41-27-19-18-25-13-9-15-31(29(25)22-27)37-23-33(39)32(20-24-10-3-2-4-11-24)38-36(40)30-21-26-12-5-7-16-34(26)42-35-17-8-6-14-28(30)35/h2-8,10-12,14,16-19,21-22,31-33,37,39H,9,13,15,20,23H2,1H3,(H,38,40)/t31-,32-,33+/m0/s1. The molecule has 3 atom stereocenters. The van der Waals surface area contributed by atoms with Gasteiger partial charge in [0.05, 0.1) is 24.8 Å². The van der Waals surface area contributed by atoms with Gasteiger partial charge in [0.25, 0.3) is 5.91 Å². The van der Waals surface area contributed by atoms with Crippen molar-refractivity contribution in [1.29, 1.82) is 0 Å². The Morgan fingerprint density at radius 2 is 1.74 bits per heavy atom. The molecule has 0 bridgehead atoms. The zero-order chi connectivity index (χ0) is 28.9. The van der Waals surface area contributed by atoms with E-state index in [0.717, 1.165) is 36.1 Å². The minimum absolute atomic E-state index is 0.108. The molecule has 6 nitrogen and oxygen atoms in total. The van der Waals surface area contributed by atoms with Gasteiger partial charge in [-0.2, -0.15) is 0 Å². The fraction of sp³-hybridized carbons (Fsp3) is 0.250. The third-order valence-electron chi connectivity index (χ3n) is 8.18. The maximum atomic E-state index is 14.0. The van der Waals surface area contributed by atoms with Crippen molar-refractivity contribution in [2.45, 2.75) is 43.9 Å². The van der Waals surface area contributed by atoms with Gasteiger partial charge in [0.15, 0.2) is 0 Å². The number of methoxy groups -OCH3 is 1. The van der Waals surface area contributed by atoms with Crippen LogP contribution in [0.25, 0.3) is 11.6 Å². The first-order chi connectivity index (χ1) is 20.6. The topological polar surface area (TPSA) is 79.8 Å². The van der Waals surface area contributed by atoms with Crippen LogP contribution in [-0.2, 0) is 17.6 Å². The Kier molecular flexibility index (Phi) is 8.35. The Balaban J connectivity index is 1.25. The number of aliphatic hydroxyl groups excluding tert-OH is 1. The second-order valence-corrected chi connectivity index (χ2v) is 10.9. The van der Waals surface area contributed by atoms with Gasteiger partial charge >= 0.3 is 0 Å². The largest absolute Gasteiger partial charge is 0.497 e. The lowest BCUT2D eigenvalue weighted by Gasteiger charge is -2.30. The second-order valence-electron chi connectivity index (χ2n) is 10.9. The lowest BCUT2D eigenvalue weighted by atomic mass is 9.87. The number of ether oxygens (including phenoxy) is 2. The van der Waals surface area contributed by atoms with Gasteiger partial charge < -0.3 is 25.2 Å². The van der Waals surface area contributed by atoms with Crippen molar-refractivity contribution < 1.29 is 19.4 Å². The van der Waals surface area contributed by atoms with Crippen molar-refractivity contribution in [3.8, 4) is 17.2 Å². The van der Waals surface area contributed by atoms with Gasteiger partial charge in [-0.3, -0.25) is 4.79 Å². The Morgan fingerprint density at radius 1 is 0.976 bits per heavy atom. The monoisotopic (exact) mass is 560 g/mol. The fourth-order valence-electron chi connectivity index (χ4n) is 5.93. The molecule has 0 saturated carbocycles. The number of carbonyl (C=O) groups excluding carboxylic acids is 1. The summed E-state index contributed by atoms with van der Waals surface area (Å²) in [5.41, 5.74) is 5.61. The minimum atomic E-state index is -0.824. The molecule has 2 aliphatic rings. The van der Waals surface area contributed by atoms with E-state index in [-0.39, 0.29) is 11.9 Å². The SMILES string of the molecule is COc1ccc2c(c1)[C@@H](NC[C@@H](O)[C@H](Cc1ccccc1)NC(=O)C1=Cc3ccccc3Oc3ccccc31)CCC2. The maximum absolute atomic E-state index is 14.0. The van der Waals surface area contributed by atoms with E-state index in [1.165, 1.54) is 11.1 Å². The number of benzene rings is 4. The Hall–Kier alpha value is -4.39. The van der Waals surface area contributed by atoms with E-state index < -0.39 is 12.1 Å². The van der Waals surface area contributed by atoms with Crippen molar-refractivity contribution >= 4 is 17.6 Å². The molecule has 0 fully saturated rings. The molecule has 0 radical (unpaired) electrons. The summed E-state index contributed by atoms with van der Waals surface area (Å²) in [6.45, 7) is 0.334. The second kappa shape index (κ2) is 12.6. The Bertz CT molecular complexity index is 1580. The average Bonchev–Trinajstić information content (AvgIpc) is 3.20. The van der Waals surface area contributed by atoms with Crippen LogP contribution in [0, 0.1) is 0 Å². The summed E-state index contributed by atoms with van der Waals surface area (Å²) in [4.78, 5) is 14.0. The smallest absolute Gasteiger partial charge is 0.252 e. The van der Waals surface area contributed by atoms with Gasteiger partial charge in [-0.1, -0.05) is 72.8 Å². The summed E-state index contributed by atoms with van der Waals surface area (Å²) in [6, 6.07) is 31.0. The summed E-state index contributed by atoms with van der Waals surface area (Å²) in [6.07, 6.45) is 4.63. The van der Waals surface area contributed by atoms with E-state index in [2.05, 4.69) is 22.8 Å². The normalized spacial score (nSPS) is 16.8. The van der Waals surface area contributed by atoms with Crippen LogP contribution in [0.4, 0.5) is 0 Å². The molecule has 1 heterocycles. The molecular formula is C36H36N2O4. The summed E-state index contributed by atoms with van der Waals surface area (Å²) >= 11 is 0. The molecule has 42 heavy (non-hydrogen) atoms. The third-order valence-corrected chi connectivity index (χ3v) is 8.18. The van der Waals surface area contributed by atoms with Crippen molar-refractivity contribution in [1.82, 2.24) is 10.6 Å². The molecule has 1 aliphatic carbocycles. The number of fused-ring (bicyclic) bond motifs is 3. The molecule has 4 aromatic rings. The van der Waals surface area contributed by atoms with Crippen LogP contribution in [0.3, 0.4) is 0 Å². The number of carbonyl (C=O) groups is 1. The van der Waals surface area contributed by atoms with Crippen LogP contribution >= 0.6 is 0 Å². The lowest BCUT2D eigenvalue weighted by molar-refractivity contribution is -0.117. The summed E-state index contributed by atoms with van der Waals surface area (Å²) in [7, 11) is 1.68. The molecule has 1 aliphatic heterocycles. The number of hydrogen-bond donors (Lipinski definition) is 3. The maximum Gasteiger partial charge on any atom is 0.252 e. The van der Waals surface area contributed by atoms with E-state index in [1.807, 2.05) is 91.0 Å². The average molecular weight is 561 g/mol. The number of nitrogens with one attached hydrogen (secondary N) is 2. The highest BCUT2D eigenvalue weighted by Crippen LogP contribution is 2.38. The summed E-state index contributed by atoms with van der Waals surface area (Å²) in [5, 5.41) is 18.3. The van der Waals surface area contributed by atoms with E-state index >= 15 is 0 Å². The van der Waals surface area contributed by atoms with Crippen LogP contribution < -0.4 is 20.1 Å². The molecule has 0 aromatic heterocycles. The molecular weight excluding hydrogens is 524 g/mol. The number of hydrogen-bond acceptors (Lipinski definition) is 5. The van der Waals surface area contributed by atoms with Crippen LogP contribution in [0.5, 0.6) is 17.2 Å². The molecule has 0 unspecified atom stereocenters. The summed E-state index contributed by atoms with van der Waals surface area (Å²) < 4.78 is 11.7. The zero-order valence-electron chi connectivity index (χ0n) is 23.8. The number of aliphatic hydroxyl groups is 1. The molecule has 214 valence electrons. The highest BCUT2D eigenvalue weighted by molar-refractivity contribution is 6.25. The van der Waals surface area contributed by atoms with Gasteiger partial charge in [0.1, 0.15) is 17.2 Å². The first-order valence-electron chi connectivity index (χ1n) is 14.6. The molecule has 4 aromatic carbocycles. The molecule has 0 spiro atoms.